The Balaban J connectivity index is 1.46. The lowest BCUT2D eigenvalue weighted by atomic mass is 9.90. The zero-order chi connectivity index (χ0) is 26.9. The fourth-order valence-corrected chi connectivity index (χ4v) is 4.78. The number of benzene rings is 3. The van der Waals surface area contributed by atoms with E-state index in [1.165, 1.54) is 0 Å². The minimum atomic E-state index is -2.09. The SMILES string of the molecule is C[C@@H]1[C@H](Cn2cnc3ccccc32)O[C@H](c2cccc(NC(=O)C(Cl)(Cl)Cl)c2)O[C@@H]1c1ccc(CO)cc1. The summed E-state index contributed by atoms with van der Waals surface area (Å²) < 4.78 is 13.0. The van der Waals surface area contributed by atoms with Crippen molar-refractivity contribution >= 4 is 57.4 Å². The second kappa shape index (κ2) is 11.2. The lowest BCUT2D eigenvalue weighted by molar-refractivity contribution is -0.276. The lowest BCUT2D eigenvalue weighted by Gasteiger charge is -2.41. The Kier molecular flexibility index (Phi) is 7.95. The van der Waals surface area contributed by atoms with Gasteiger partial charge in [-0.1, -0.05) is 90.3 Å². The van der Waals surface area contributed by atoms with E-state index in [-0.39, 0.29) is 24.7 Å². The second-order valence-electron chi connectivity index (χ2n) is 9.28. The van der Waals surface area contributed by atoms with Gasteiger partial charge in [-0.2, -0.15) is 0 Å². The number of carbonyl (C=O) groups excluding carboxylic acids is 1. The fraction of sp³-hybridized carbons (Fsp3) is 0.286. The quantitative estimate of drug-likeness (QED) is 0.263. The van der Waals surface area contributed by atoms with Gasteiger partial charge >= 0.3 is 0 Å². The van der Waals surface area contributed by atoms with Gasteiger partial charge in [-0.05, 0) is 35.4 Å². The van der Waals surface area contributed by atoms with Crippen LogP contribution in [0.15, 0.2) is 79.1 Å². The number of ether oxygens (including phenoxy) is 2. The molecule has 7 nitrogen and oxygen atoms in total. The van der Waals surface area contributed by atoms with Gasteiger partial charge in [0.05, 0.1) is 42.7 Å². The summed E-state index contributed by atoms with van der Waals surface area (Å²) in [5, 5.41) is 12.1. The summed E-state index contributed by atoms with van der Waals surface area (Å²) >= 11 is 17.2. The zero-order valence-electron chi connectivity index (χ0n) is 20.4. The lowest BCUT2D eigenvalue weighted by Crippen LogP contribution is -2.39. The maximum atomic E-state index is 12.2. The van der Waals surface area contributed by atoms with Gasteiger partial charge in [0.1, 0.15) is 0 Å². The number of halogens is 3. The Morgan fingerprint density at radius 1 is 1.03 bits per heavy atom. The van der Waals surface area contributed by atoms with E-state index in [4.69, 9.17) is 44.3 Å². The van der Waals surface area contributed by atoms with Crippen molar-refractivity contribution in [3.8, 4) is 0 Å². The minimum absolute atomic E-state index is 0.0142. The highest BCUT2D eigenvalue weighted by Gasteiger charge is 2.39. The van der Waals surface area contributed by atoms with Crippen LogP contribution in [0.4, 0.5) is 5.69 Å². The Labute approximate surface area is 235 Å². The average Bonchev–Trinajstić information content (AvgIpc) is 3.32. The van der Waals surface area contributed by atoms with Crippen LogP contribution in [0.25, 0.3) is 11.0 Å². The molecule has 2 heterocycles. The van der Waals surface area contributed by atoms with Gasteiger partial charge in [-0.15, -0.1) is 0 Å². The Bertz CT molecular complexity index is 1420. The first-order valence-corrected chi connectivity index (χ1v) is 13.2. The molecule has 0 bridgehead atoms. The highest BCUT2D eigenvalue weighted by atomic mass is 35.6. The predicted octanol–water partition coefficient (Wildman–Crippen LogP) is 6.33. The smallest absolute Gasteiger partial charge is 0.276 e. The Morgan fingerprint density at radius 2 is 1.79 bits per heavy atom. The molecule has 0 radical (unpaired) electrons. The summed E-state index contributed by atoms with van der Waals surface area (Å²) in [7, 11) is 0. The number of anilines is 1. The second-order valence-corrected chi connectivity index (χ2v) is 11.6. The monoisotopic (exact) mass is 573 g/mol. The van der Waals surface area contributed by atoms with Crippen LogP contribution in [0, 0.1) is 5.92 Å². The van der Waals surface area contributed by atoms with Crippen LogP contribution in [-0.2, 0) is 27.4 Å². The first-order valence-electron chi connectivity index (χ1n) is 12.1. The van der Waals surface area contributed by atoms with Crippen LogP contribution in [0.5, 0.6) is 0 Å². The number of fused-ring (bicyclic) bond motifs is 1. The Hall–Kier alpha value is -2.65. The number of alkyl halides is 3. The minimum Gasteiger partial charge on any atom is -0.392 e. The third kappa shape index (κ3) is 5.83. The number of nitrogens with zero attached hydrogens (tertiary/aromatic N) is 2. The number of aromatic nitrogens is 2. The molecule has 10 heteroatoms. The molecule has 2 N–H and O–H groups in total. The van der Waals surface area contributed by atoms with E-state index in [9.17, 15) is 9.90 Å². The van der Waals surface area contributed by atoms with Crippen molar-refractivity contribution in [3.63, 3.8) is 0 Å². The average molecular weight is 575 g/mol. The van der Waals surface area contributed by atoms with Crippen LogP contribution in [0.1, 0.15) is 36.0 Å². The molecule has 1 aromatic heterocycles. The van der Waals surface area contributed by atoms with Crippen molar-refractivity contribution in [2.75, 3.05) is 5.32 Å². The number of imidazole rings is 1. The van der Waals surface area contributed by atoms with Gasteiger partial charge in [0.25, 0.3) is 9.70 Å². The van der Waals surface area contributed by atoms with Crippen LogP contribution in [0.2, 0.25) is 0 Å². The number of aliphatic hydroxyl groups is 1. The van der Waals surface area contributed by atoms with Gasteiger partial charge in [0.15, 0.2) is 6.29 Å². The number of nitrogens with one attached hydrogen (secondary N) is 1. The molecule has 1 aliphatic heterocycles. The molecule has 3 aromatic carbocycles. The van der Waals surface area contributed by atoms with Gasteiger partial charge in [0, 0.05) is 17.2 Å². The molecular formula is C28H26Cl3N3O4. The van der Waals surface area contributed by atoms with Gasteiger partial charge in [-0.3, -0.25) is 4.79 Å². The number of amides is 1. The molecule has 1 amide bonds. The van der Waals surface area contributed by atoms with Crippen molar-refractivity contribution in [1.82, 2.24) is 9.55 Å². The number of rotatable bonds is 6. The first kappa shape index (κ1) is 26.9. The molecule has 0 unspecified atom stereocenters. The molecule has 38 heavy (non-hydrogen) atoms. The standard InChI is InChI=1S/C28H26Cl3N3O4/c1-17-24(14-34-16-32-22-7-2-3-8-23(22)34)37-26(38-25(17)19-11-9-18(15-35)10-12-19)20-5-4-6-21(13-20)33-27(36)28(29,30)31/h2-13,16-17,24-26,35H,14-15H2,1H3,(H,33,36)/t17-,24+,25+,26+/m1/s1. The van der Waals surface area contributed by atoms with Gasteiger partial charge in [-0.25, -0.2) is 4.98 Å². The highest BCUT2D eigenvalue weighted by Crippen LogP contribution is 2.42. The molecule has 0 saturated carbocycles. The van der Waals surface area contributed by atoms with E-state index < -0.39 is 16.0 Å². The first-order chi connectivity index (χ1) is 18.2. The molecule has 4 atom stereocenters. The van der Waals surface area contributed by atoms with Crippen molar-refractivity contribution in [3.05, 3.63) is 95.8 Å². The molecule has 1 saturated heterocycles. The predicted molar refractivity (Wildman–Crippen MR) is 148 cm³/mol. The molecule has 4 aromatic rings. The van der Waals surface area contributed by atoms with Crippen LogP contribution in [-0.4, -0.2) is 30.5 Å². The zero-order valence-corrected chi connectivity index (χ0v) is 22.7. The van der Waals surface area contributed by atoms with Crippen LogP contribution in [0.3, 0.4) is 0 Å². The van der Waals surface area contributed by atoms with Gasteiger partial charge in [0.2, 0.25) is 0 Å². The van der Waals surface area contributed by atoms with Crippen molar-refractivity contribution in [2.24, 2.45) is 5.92 Å². The molecule has 0 spiro atoms. The third-order valence-electron chi connectivity index (χ3n) is 6.70. The summed E-state index contributed by atoms with van der Waals surface area (Å²) in [4.78, 5) is 16.7. The van der Waals surface area contributed by atoms with Crippen molar-refractivity contribution < 1.29 is 19.4 Å². The molecule has 5 rings (SSSR count). The number of carbonyl (C=O) groups is 1. The number of aliphatic hydroxyl groups excluding tert-OH is 1. The van der Waals surface area contributed by atoms with E-state index in [2.05, 4.69) is 21.8 Å². The number of hydrogen-bond donors (Lipinski definition) is 2. The van der Waals surface area contributed by atoms with E-state index >= 15 is 0 Å². The largest absolute Gasteiger partial charge is 0.392 e. The summed E-state index contributed by atoms with van der Waals surface area (Å²) in [5.74, 6) is -0.773. The van der Waals surface area contributed by atoms with E-state index in [0.717, 1.165) is 22.2 Å². The number of para-hydroxylation sites is 2. The Morgan fingerprint density at radius 3 is 2.53 bits per heavy atom. The van der Waals surface area contributed by atoms with E-state index in [0.29, 0.717) is 17.8 Å². The number of hydrogen-bond acceptors (Lipinski definition) is 5. The van der Waals surface area contributed by atoms with Crippen LogP contribution < -0.4 is 5.32 Å². The fourth-order valence-electron chi connectivity index (χ4n) is 4.64. The van der Waals surface area contributed by atoms with E-state index in [1.54, 1.807) is 18.2 Å². The summed E-state index contributed by atoms with van der Waals surface area (Å²) in [6.07, 6.45) is 0.579. The van der Waals surface area contributed by atoms with Crippen molar-refractivity contribution in [1.29, 1.82) is 0 Å². The maximum absolute atomic E-state index is 12.2. The highest BCUT2D eigenvalue weighted by molar-refractivity contribution is 6.76. The maximum Gasteiger partial charge on any atom is 0.276 e. The molecule has 0 aliphatic carbocycles. The normalized spacial score (nSPS) is 21.9. The van der Waals surface area contributed by atoms with Gasteiger partial charge < -0.3 is 24.5 Å². The summed E-state index contributed by atoms with van der Waals surface area (Å²) in [6, 6.07) is 22.8. The molecular weight excluding hydrogens is 549 g/mol. The topological polar surface area (TPSA) is 85.6 Å². The molecule has 198 valence electrons. The summed E-state index contributed by atoms with van der Waals surface area (Å²) in [5.41, 5.74) is 4.89. The molecule has 1 aliphatic rings. The third-order valence-corrected chi connectivity index (χ3v) is 7.22. The molecule has 1 fully saturated rings. The van der Waals surface area contributed by atoms with E-state index in [1.807, 2.05) is 60.9 Å². The van der Waals surface area contributed by atoms with Crippen molar-refractivity contribution in [2.45, 2.75) is 42.4 Å². The summed E-state index contributed by atoms with van der Waals surface area (Å²) in [6.45, 7) is 2.63. The van der Waals surface area contributed by atoms with Crippen LogP contribution >= 0.6 is 34.8 Å².